The Hall–Kier alpha value is 0.0900. The van der Waals surface area contributed by atoms with Crippen molar-refractivity contribution in [3.63, 3.8) is 0 Å². The van der Waals surface area contributed by atoms with Crippen molar-refractivity contribution in [1.82, 2.24) is 4.72 Å². The van der Waals surface area contributed by atoms with Crippen LogP contribution in [0, 0.1) is 5.92 Å². The molecule has 0 saturated carbocycles. The molecule has 92 valence electrons. The van der Waals surface area contributed by atoms with Crippen molar-refractivity contribution < 1.29 is 8.42 Å². The van der Waals surface area contributed by atoms with E-state index in [0.29, 0.717) is 10.1 Å². The lowest BCUT2D eigenvalue weighted by molar-refractivity contribution is 0.438. The maximum Gasteiger partial charge on any atom is 0.250 e. The standard InChI is InChI=1S/C10H16BrNO2S2/c1-4-8(7(2)3)12-16(13,14)10-6-5-9(11)15-10/h5-8,12H,4H2,1-3H3. The van der Waals surface area contributed by atoms with Gasteiger partial charge in [-0.2, -0.15) is 0 Å². The van der Waals surface area contributed by atoms with Crippen LogP contribution in [-0.4, -0.2) is 14.5 Å². The molecule has 0 radical (unpaired) electrons. The zero-order chi connectivity index (χ0) is 12.3. The fourth-order valence-corrected chi connectivity index (χ4v) is 4.88. The van der Waals surface area contributed by atoms with Crippen LogP contribution in [0.1, 0.15) is 27.2 Å². The average Bonchev–Trinajstić information content (AvgIpc) is 2.61. The van der Waals surface area contributed by atoms with Gasteiger partial charge in [0, 0.05) is 6.04 Å². The number of thiophene rings is 1. The van der Waals surface area contributed by atoms with Gasteiger partial charge in [-0.15, -0.1) is 11.3 Å². The molecule has 1 aromatic heterocycles. The molecule has 0 spiro atoms. The minimum Gasteiger partial charge on any atom is -0.207 e. The average molecular weight is 326 g/mol. The van der Waals surface area contributed by atoms with Gasteiger partial charge >= 0.3 is 0 Å². The predicted molar refractivity (Wildman–Crippen MR) is 71.3 cm³/mol. The lowest BCUT2D eigenvalue weighted by Gasteiger charge is -2.19. The van der Waals surface area contributed by atoms with Crippen LogP contribution >= 0.6 is 27.3 Å². The molecule has 0 amide bonds. The van der Waals surface area contributed by atoms with Gasteiger partial charge in [0.1, 0.15) is 4.21 Å². The van der Waals surface area contributed by atoms with E-state index in [4.69, 9.17) is 0 Å². The molecular formula is C10H16BrNO2S2. The molecule has 1 N–H and O–H groups in total. The van der Waals surface area contributed by atoms with Crippen molar-refractivity contribution in [2.75, 3.05) is 0 Å². The van der Waals surface area contributed by atoms with Crippen molar-refractivity contribution in [3.8, 4) is 0 Å². The van der Waals surface area contributed by atoms with Crippen LogP contribution in [0.5, 0.6) is 0 Å². The van der Waals surface area contributed by atoms with Crippen LogP contribution in [0.25, 0.3) is 0 Å². The molecule has 0 bridgehead atoms. The Morgan fingerprint density at radius 3 is 2.44 bits per heavy atom. The first-order valence-corrected chi connectivity index (χ1v) is 8.23. The third-order valence-corrected chi connectivity index (χ3v) is 5.97. The van der Waals surface area contributed by atoms with Crippen molar-refractivity contribution in [3.05, 3.63) is 15.9 Å². The van der Waals surface area contributed by atoms with Crippen molar-refractivity contribution >= 4 is 37.3 Å². The maximum atomic E-state index is 12.0. The monoisotopic (exact) mass is 325 g/mol. The molecule has 0 aromatic carbocycles. The summed E-state index contributed by atoms with van der Waals surface area (Å²) in [6.07, 6.45) is 0.795. The summed E-state index contributed by atoms with van der Waals surface area (Å²) in [5.41, 5.74) is 0. The smallest absolute Gasteiger partial charge is 0.207 e. The number of nitrogens with one attached hydrogen (secondary N) is 1. The van der Waals surface area contributed by atoms with E-state index in [0.717, 1.165) is 10.2 Å². The van der Waals surface area contributed by atoms with Gasteiger partial charge in [0.15, 0.2) is 0 Å². The highest BCUT2D eigenvalue weighted by atomic mass is 79.9. The molecule has 0 aliphatic heterocycles. The Labute approximate surface area is 109 Å². The Balaban J connectivity index is 2.87. The van der Waals surface area contributed by atoms with E-state index in [1.807, 2.05) is 20.8 Å². The Morgan fingerprint density at radius 2 is 2.06 bits per heavy atom. The third-order valence-electron chi connectivity index (χ3n) is 2.36. The lowest BCUT2D eigenvalue weighted by atomic mass is 10.0. The maximum absolute atomic E-state index is 12.0. The summed E-state index contributed by atoms with van der Waals surface area (Å²) in [5, 5.41) is 0. The zero-order valence-corrected chi connectivity index (χ0v) is 12.7. The molecule has 0 aliphatic carbocycles. The fraction of sp³-hybridized carbons (Fsp3) is 0.600. The van der Waals surface area contributed by atoms with Crippen LogP contribution in [0.3, 0.4) is 0 Å². The molecular weight excluding hydrogens is 310 g/mol. The molecule has 16 heavy (non-hydrogen) atoms. The fourth-order valence-electron chi connectivity index (χ4n) is 1.39. The van der Waals surface area contributed by atoms with Crippen molar-refractivity contribution in [2.24, 2.45) is 5.92 Å². The summed E-state index contributed by atoms with van der Waals surface area (Å²) in [4.78, 5) is 0. The second-order valence-corrected chi connectivity index (χ2v) is 8.34. The predicted octanol–water partition coefficient (Wildman–Crippen LogP) is 3.22. The van der Waals surface area contributed by atoms with Gasteiger partial charge in [-0.05, 0) is 40.4 Å². The highest BCUT2D eigenvalue weighted by molar-refractivity contribution is 9.11. The van der Waals surface area contributed by atoms with Crippen LogP contribution in [0.2, 0.25) is 0 Å². The Bertz CT molecular complexity index is 439. The first kappa shape index (κ1) is 14.2. The van der Waals surface area contributed by atoms with E-state index in [2.05, 4.69) is 20.7 Å². The summed E-state index contributed by atoms with van der Waals surface area (Å²) in [6.45, 7) is 6.01. The molecule has 3 nitrogen and oxygen atoms in total. The molecule has 0 aliphatic rings. The summed E-state index contributed by atoms with van der Waals surface area (Å²) in [6, 6.07) is 3.35. The second-order valence-electron chi connectivity index (χ2n) is 3.94. The number of halogens is 1. The first-order valence-electron chi connectivity index (χ1n) is 5.14. The van der Waals surface area contributed by atoms with Crippen LogP contribution in [-0.2, 0) is 10.0 Å². The normalized spacial score (nSPS) is 14.3. The summed E-state index contributed by atoms with van der Waals surface area (Å²) in [7, 11) is -3.36. The van der Waals surface area contributed by atoms with E-state index >= 15 is 0 Å². The van der Waals surface area contributed by atoms with Crippen molar-refractivity contribution in [1.29, 1.82) is 0 Å². The SMILES string of the molecule is CCC(NS(=O)(=O)c1ccc(Br)s1)C(C)C. The van der Waals surface area contributed by atoms with Crippen molar-refractivity contribution in [2.45, 2.75) is 37.4 Å². The highest BCUT2D eigenvalue weighted by Crippen LogP contribution is 2.26. The van der Waals surface area contributed by atoms with Gasteiger partial charge in [0.25, 0.3) is 0 Å². The highest BCUT2D eigenvalue weighted by Gasteiger charge is 2.22. The van der Waals surface area contributed by atoms with Crippen LogP contribution in [0.4, 0.5) is 0 Å². The van der Waals surface area contributed by atoms with Crippen LogP contribution < -0.4 is 4.72 Å². The van der Waals surface area contributed by atoms with E-state index < -0.39 is 10.0 Å². The van der Waals surface area contributed by atoms with Gasteiger partial charge in [0.2, 0.25) is 10.0 Å². The summed E-state index contributed by atoms with van der Waals surface area (Å²) >= 11 is 4.49. The number of rotatable bonds is 5. The van der Waals surface area contributed by atoms with Gasteiger partial charge in [-0.3, -0.25) is 0 Å². The molecule has 1 atom stereocenters. The number of hydrogen-bond donors (Lipinski definition) is 1. The van der Waals surface area contributed by atoms with E-state index in [1.165, 1.54) is 11.3 Å². The zero-order valence-electron chi connectivity index (χ0n) is 9.53. The minimum absolute atomic E-state index is 0.00845. The second kappa shape index (κ2) is 5.62. The largest absolute Gasteiger partial charge is 0.250 e. The molecule has 0 saturated heterocycles. The van der Waals surface area contributed by atoms with Gasteiger partial charge in [0.05, 0.1) is 3.79 Å². The summed E-state index contributed by atoms with van der Waals surface area (Å²) in [5.74, 6) is 0.295. The van der Waals surface area contributed by atoms with Gasteiger partial charge in [-0.25, -0.2) is 13.1 Å². The number of sulfonamides is 1. The summed E-state index contributed by atoms with van der Waals surface area (Å²) < 4.78 is 27.9. The van der Waals surface area contributed by atoms with Crippen LogP contribution in [0.15, 0.2) is 20.1 Å². The van der Waals surface area contributed by atoms with E-state index in [-0.39, 0.29) is 6.04 Å². The van der Waals surface area contributed by atoms with E-state index in [9.17, 15) is 8.42 Å². The number of hydrogen-bond acceptors (Lipinski definition) is 3. The first-order chi connectivity index (χ1) is 7.36. The molecule has 1 heterocycles. The molecule has 1 rings (SSSR count). The van der Waals surface area contributed by atoms with Gasteiger partial charge < -0.3 is 0 Å². The molecule has 0 fully saturated rings. The Kier molecular flexibility index (Phi) is 4.97. The lowest BCUT2D eigenvalue weighted by Crippen LogP contribution is -2.37. The topological polar surface area (TPSA) is 46.2 Å². The van der Waals surface area contributed by atoms with E-state index in [1.54, 1.807) is 12.1 Å². The minimum atomic E-state index is -3.36. The molecule has 1 aromatic rings. The quantitative estimate of drug-likeness (QED) is 0.903. The molecule has 6 heteroatoms. The van der Waals surface area contributed by atoms with Gasteiger partial charge in [-0.1, -0.05) is 20.8 Å². The Morgan fingerprint density at radius 1 is 1.44 bits per heavy atom. The molecule has 1 unspecified atom stereocenters. The third kappa shape index (κ3) is 3.55.